The number of aliphatic hydroxyl groups is 4. The van der Waals surface area contributed by atoms with E-state index in [1.807, 2.05) is 0 Å². The first-order valence-corrected chi connectivity index (χ1v) is 23.9. The second-order valence-corrected chi connectivity index (χ2v) is 17.9. The summed E-state index contributed by atoms with van der Waals surface area (Å²) in [5.41, 5.74) is 0. The minimum atomic E-state index is -5.09. The molecule has 0 aromatic heterocycles. The van der Waals surface area contributed by atoms with Crippen molar-refractivity contribution >= 4 is 19.8 Å². The molecular formula is C42H79O15P. The van der Waals surface area contributed by atoms with Crippen molar-refractivity contribution in [2.45, 2.75) is 231 Å². The zero-order valence-corrected chi connectivity index (χ0v) is 36.7. The second-order valence-electron chi connectivity index (χ2n) is 16.7. The minimum Gasteiger partial charge on any atom is -0.462 e. The molecule has 2 rings (SSSR count). The number of rotatable bonds is 32. The molecule has 58 heavy (non-hydrogen) atoms. The van der Waals surface area contributed by atoms with Crippen molar-refractivity contribution in [3.63, 3.8) is 0 Å². The summed E-state index contributed by atoms with van der Waals surface area (Å²) in [4.78, 5) is 44.9. The number of carbonyl (C=O) groups is 2. The van der Waals surface area contributed by atoms with Crippen LogP contribution in [0.1, 0.15) is 175 Å². The maximum atomic E-state index is 12.9. The summed E-state index contributed by atoms with van der Waals surface area (Å²) in [6.45, 7) is 6.73. The van der Waals surface area contributed by atoms with Crippen molar-refractivity contribution in [3.05, 3.63) is 0 Å². The SMILES string of the molecule is CCCCCCCCCCC[C@@H](O)CC(=O)O[C@H]1CC(CO)O[C@@H](OCC2O[C@H](OP(=O)(O)O)C(C)[C@@H](OC(=O)C[C@H](O)CCCCCCCCCCC)[C@@H]2O)C1C. The van der Waals surface area contributed by atoms with Crippen LogP contribution >= 0.6 is 7.82 Å². The Morgan fingerprint density at radius 1 is 0.690 bits per heavy atom. The van der Waals surface area contributed by atoms with Crippen LogP contribution in [0.4, 0.5) is 0 Å². The van der Waals surface area contributed by atoms with Crippen LogP contribution in [0.15, 0.2) is 0 Å². The van der Waals surface area contributed by atoms with Crippen LogP contribution in [-0.4, -0.2) is 111 Å². The van der Waals surface area contributed by atoms with Gasteiger partial charge in [-0.3, -0.25) is 14.1 Å². The quantitative estimate of drug-likeness (QED) is 0.0234. The first-order valence-electron chi connectivity index (χ1n) is 22.4. The van der Waals surface area contributed by atoms with Gasteiger partial charge in [0.15, 0.2) is 12.6 Å². The van der Waals surface area contributed by atoms with E-state index in [4.69, 9.17) is 28.2 Å². The molecule has 0 radical (unpaired) electrons. The predicted octanol–water partition coefficient (Wildman–Crippen LogP) is 6.75. The predicted molar refractivity (Wildman–Crippen MR) is 217 cm³/mol. The van der Waals surface area contributed by atoms with Crippen LogP contribution in [0.3, 0.4) is 0 Å². The summed E-state index contributed by atoms with van der Waals surface area (Å²) in [6.07, 6.45) is 10.8. The standard InChI is InChI=1S/C42H79O15P/c1-5-7-9-11-13-15-17-19-21-23-32(44)25-37(46)54-35-27-34(28-43)53-41(30(35)3)52-29-36-39(48)40(31(4)42(55-36)57-58(49,50)51)56-38(47)26-33(45)24-22-20-18-16-14-12-10-8-6-2/h30-36,39-45,48H,5-29H2,1-4H3,(H2,49,50,51)/t30?,31?,32-,33-,34?,35+,36?,39-,40-,41-,42-/m1/s1. The third kappa shape index (κ3) is 22.0. The Kier molecular flexibility index (Phi) is 27.3. The zero-order valence-electron chi connectivity index (χ0n) is 35.8. The Bertz CT molecular complexity index is 1140. The molecule has 342 valence electrons. The fourth-order valence-corrected chi connectivity index (χ4v) is 8.20. The van der Waals surface area contributed by atoms with E-state index in [1.165, 1.54) is 77.6 Å². The zero-order chi connectivity index (χ0) is 42.9. The average molecular weight is 855 g/mol. The highest BCUT2D eigenvalue weighted by molar-refractivity contribution is 7.46. The van der Waals surface area contributed by atoms with Crippen LogP contribution in [0, 0.1) is 11.8 Å². The van der Waals surface area contributed by atoms with Gasteiger partial charge in [0.05, 0.1) is 44.4 Å². The normalized spacial score (nSPS) is 27.6. The molecule has 4 unspecified atom stereocenters. The summed E-state index contributed by atoms with van der Waals surface area (Å²) in [7, 11) is -5.09. The van der Waals surface area contributed by atoms with Crippen LogP contribution in [0.5, 0.6) is 0 Å². The molecule has 0 aromatic rings. The fraction of sp³-hybridized carbons (Fsp3) is 0.952. The monoisotopic (exact) mass is 855 g/mol. The van der Waals surface area contributed by atoms with E-state index in [1.54, 1.807) is 6.92 Å². The van der Waals surface area contributed by atoms with Gasteiger partial charge in [0.25, 0.3) is 0 Å². The molecule has 2 aliphatic rings. The Hall–Kier alpha value is -1.23. The Morgan fingerprint density at radius 3 is 1.62 bits per heavy atom. The van der Waals surface area contributed by atoms with Crippen molar-refractivity contribution in [2.24, 2.45) is 11.8 Å². The Morgan fingerprint density at radius 2 is 1.16 bits per heavy atom. The number of unbranched alkanes of at least 4 members (excludes halogenated alkanes) is 16. The molecule has 0 aromatic carbocycles. The number of phosphoric acid groups is 1. The van der Waals surface area contributed by atoms with Crippen molar-refractivity contribution < 1.29 is 72.6 Å². The summed E-state index contributed by atoms with van der Waals surface area (Å²) >= 11 is 0. The minimum absolute atomic E-state index is 0.173. The highest BCUT2D eigenvalue weighted by atomic mass is 31.2. The summed E-state index contributed by atoms with van der Waals surface area (Å²) < 4.78 is 45.6. The summed E-state index contributed by atoms with van der Waals surface area (Å²) in [5, 5.41) is 42.3. The Balaban J connectivity index is 1.91. The molecule has 6 N–H and O–H groups in total. The molecule has 2 heterocycles. The molecule has 2 fully saturated rings. The van der Waals surface area contributed by atoms with E-state index in [0.29, 0.717) is 12.8 Å². The van der Waals surface area contributed by atoms with Gasteiger partial charge in [0, 0.05) is 18.3 Å². The maximum Gasteiger partial charge on any atom is 0.471 e. The summed E-state index contributed by atoms with van der Waals surface area (Å²) in [5.74, 6) is -2.98. The van der Waals surface area contributed by atoms with Crippen LogP contribution < -0.4 is 0 Å². The van der Waals surface area contributed by atoms with Crippen molar-refractivity contribution in [1.29, 1.82) is 0 Å². The van der Waals surface area contributed by atoms with E-state index < -0.39 is 100 Å². The van der Waals surface area contributed by atoms with Gasteiger partial charge < -0.3 is 53.9 Å². The van der Waals surface area contributed by atoms with Gasteiger partial charge in [0.1, 0.15) is 24.4 Å². The van der Waals surface area contributed by atoms with Crippen LogP contribution in [0.2, 0.25) is 0 Å². The van der Waals surface area contributed by atoms with Crippen molar-refractivity contribution in [2.75, 3.05) is 13.2 Å². The van der Waals surface area contributed by atoms with E-state index in [-0.39, 0.29) is 19.3 Å². The van der Waals surface area contributed by atoms with Gasteiger partial charge in [-0.25, -0.2) is 4.57 Å². The summed E-state index contributed by atoms with van der Waals surface area (Å²) in [6, 6.07) is 0. The molecule has 0 aliphatic carbocycles. The first-order chi connectivity index (χ1) is 27.7. The molecule has 2 aliphatic heterocycles. The molecule has 0 saturated carbocycles. The molecule has 0 amide bonds. The fourth-order valence-electron chi connectivity index (χ4n) is 7.68. The molecule has 15 nitrogen and oxygen atoms in total. The number of carbonyl (C=O) groups excluding carboxylic acids is 2. The van der Waals surface area contributed by atoms with Gasteiger partial charge >= 0.3 is 19.8 Å². The molecule has 0 bridgehead atoms. The van der Waals surface area contributed by atoms with Crippen LogP contribution in [0.25, 0.3) is 0 Å². The van der Waals surface area contributed by atoms with Crippen LogP contribution in [-0.2, 0) is 42.4 Å². The largest absolute Gasteiger partial charge is 0.471 e. The average Bonchev–Trinajstić information content (AvgIpc) is 3.16. The lowest BCUT2D eigenvalue weighted by Gasteiger charge is -2.44. The number of ether oxygens (including phenoxy) is 5. The van der Waals surface area contributed by atoms with Gasteiger partial charge in [-0.05, 0) is 12.8 Å². The van der Waals surface area contributed by atoms with E-state index in [9.17, 15) is 44.4 Å². The molecule has 16 heteroatoms. The van der Waals surface area contributed by atoms with Gasteiger partial charge in [-0.1, -0.05) is 143 Å². The number of phosphoric ester groups is 1. The molecule has 0 spiro atoms. The molecule has 2 saturated heterocycles. The third-order valence-corrected chi connectivity index (χ3v) is 11.8. The maximum absolute atomic E-state index is 12.9. The van der Waals surface area contributed by atoms with E-state index in [2.05, 4.69) is 13.8 Å². The van der Waals surface area contributed by atoms with E-state index >= 15 is 0 Å². The van der Waals surface area contributed by atoms with Crippen molar-refractivity contribution in [1.82, 2.24) is 0 Å². The molecule has 11 atom stereocenters. The Labute approximate surface area is 347 Å². The van der Waals surface area contributed by atoms with E-state index in [0.717, 1.165) is 44.9 Å². The van der Waals surface area contributed by atoms with Gasteiger partial charge in [-0.15, -0.1) is 0 Å². The molecular weight excluding hydrogens is 775 g/mol. The van der Waals surface area contributed by atoms with Crippen molar-refractivity contribution in [3.8, 4) is 0 Å². The lowest BCUT2D eigenvalue weighted by atomic mass is 9.92. The third-order valence-electron chi connectivity index (χ3n) is 11.3. The highest BCUT2D eigenvalue weighted by Gasteiger charge is 2.49. The first kappa shape index (κ1) is 52.9. The van der Waals surface area contributed by atoms with Gasteiger partial charge in [-0.2, -0.15) is 0 Å². The number of hydrogen-bond acceptors (Lipinski definition) is 13. The van der Waals surface area contributed by atoms with Gasteiger partial charge in [0.2, 0.25) is 0 Å². The number of aliphatic hydroxyl groups excluding tert-OH is 4. The smallest absolute Gasteiger partial charge is 0.462 e. The number of esters is 2. The highest BCUT2D eigenvalue weighted by Crippen LogP contribution is 2.43. The lowest BCUT2D eigenvalue weighted by Crippen LogP contribution is -2.57. The topological polar surface area (TPSA) is 228 Å². The number of hydrogen-bond donors (Lipinski definition) is 6. The second kappa shape index (κ2) is 29.9. The lowest BCUT2D eigenvalue weighted by molar-refractivity contribution is -0.296.